The van der Waals surface area contributed by atoms with Crippen LogP contribution in [0.2, 0.25) is 5.02 Å². The van der Waals surface area contributed by atoms with E-state index in [-0.39, 0.29) is 12.4 Å². The van der Waals surface area contributed by atoms with Crippen LogP contribution in [0.1, 0.15) is 37.5 Å². The summed E-state index contributed by atoms with van der Waals surface area (Å²) in [5.74, 6) is 1.80. The Kier molecular flexibility index (Phi) is 10.1. The molecule has 0 unspecified atom stereocenters. The second-order valence-electron chi connectivity index (χ2n) is 5.67. The number of furan rings is 1. The van der Waals surface area contributed by atoms with Crippen molar-refractivity contribution in [1.82, 2.24) is 5.32 Å². The number of nitrogens with one attached hydrogen (secondary N) is 1. The van der Waals surface area contributed by atoms with Crippen LogP contribution in [0.15, 0.2) is 34.7 Å². The SMILES string of the molecule is CCCCOCCCNCc1ccc(-c2cccc(Cl)c2C)o1.Cl. The first-order chi connectivity index (χ1) is 11.2. The highest BCUT2D eigenvalue weighted by atomic mass is 35.5. The van der Waals surface area contributed by atoms with Crippen molar-refractivity contribution in [2.45, 2.75) is 39.7 Å². The van der Waals surface area contributed by atoms with Gasteiger partial charge in [0, 0.05) is 23.8 Å². The van der Waals surface area contributed by atoms with Crippen LogP contribution in [-0.2, 0) is 11.3 Å². The summed E-state index contributed by atoms with van der Waals surface area (Å²) in [6, 6.07) is 9.90. The fourth-order valence-corrected chi connectivity index (χ4v) is 2.53. The van der Waals surface area contributed by atoms with Crippen molar-refractivity contribution in [3.63, 3.8) is 0 Å². The van der Waals surface area contributed by atoms with Crippen LogP contribution in [0.25, 0.3) is 11.3 Å². The smallest absolute Gasteiger partial charge is 0.134 e. The number of halogens is 2. The van der Waals surface area contributed by atoms with Gasteiger partial charge < -0.3 is 14.5 Å². The summed E-state index contributed by atoms with van der Waals surface area (Å²) in [5.41, 5.74) is 2.10. The molecular formula is C19H27Cl2NO2. The Morgan fingerprint density at radius 3 is 2.71 bits per heavy atom. The molecule has 1 N–H and O–H groups in total. The van der Waals surface area contributed by atoms with E-state index in [0.29, 0.717) is 0 Å². The van der Waals surface area contributed by atoms with Gasteiger partial charge in [0.25, 0.3) is 0 Å². The third kappa shape index (κ3) is 6.48. The fourth-order valence-electron chi connectivity index (χ4n) is 2.35. The Morgan fingerprint density at radius 2 is 1.92 bits per heavy atom. The molecule has 2 aromatic rings. The van der Waals surface area contributed by atoms with Crippen LogP contribution in [0.5, 0.6) is 0 Å². The molecule has 0 aliphatic rings. The molecule has 0 amide bonds. The Labute approximate surface area is 156 Å². The van der Waals surface area contributed by atoms with E-state index in [1.54, 1.807) is 0 Å². The first-order valence-corrected chi connectivity index (χ1v) is 8.73. The number of ether oxygens (including phenoxy) is 1. The Bertz CT molecular complexity index is 599. The first-order valence-electron chi connectivity index (χ1n) is 8.35. The molecule has 2 rings (SSSR count). The van der Waals surface area contributed by atoms with Crippen molar-refractivity contribution in [3.05, 3.63) is 46.7 Å². The summed E-state index contributed by atoms with van der Waals surface area (Å²) in [5, 5.41) is 4.15. The Hall–Kier alpha value is -1.000. The number of hydrogen-bond donors (Lipinski definition) is 1. The topological polar surface area (TPSA) is 34.4 Å². The molecule has 0 saturated heterocycles. The van der Waals surface area contributed by atoms with E-state index in [0.717, 1.165) is 66.8 Å². The highest BCUT2D eigenvalue weighted by Gasteiger charge is 2.09. The quantitative estimate of drug-likeness (QED) is 0.549. The molecule has 0 radical (unpaired) electrons. The lowest BCUT2D eigenvalue weighted by molar-refractivity contribution is 0.128. The van der Waals surface area contributed by atoms with Gasteiger partial charge in [-0.05, 0) is 50.1 Å². The summed E-state index contributed by atoms with van der Waals surface area (Å²) >= 11 is 6.17. The molecule has 0 saturated carbocycles. The highest BCUT2D eigenvalue weighted by molar-refractivity contribution is 6.31. The van der Waals surface area contributed by atoms with E-state index in [9.17, 15) is 0 Å². The molecule has 3 nitrogen and oxygen atoms in total. The maximum Gasteiger partial charge on any atom is 0.134 e. The molecule has 5 heteroatoms. The molecule has 0 atom stereocenters. The number of unbranched alkanes of at least 4 members (excludes halogenated alkanes) is 1. The van der Waals surface area contributed by atoms with Crippen molar-refractivity contribution in [2.75, 3.05) is 19.8 Å². The summed E-state index contributed by atoms with van der Waals surface area (Å²) in [6.45, 7) is 7.53. The number of rotatable bonds is 10. The van der Waals surface area contributed by atoms with Gasteiger partial charge in [0.05, 0.1) is 6.54 Å². The summed E-state index contributed by atoms with van der Waals surface area (Å²) in [4.78, 5) is 0. The lowest BCUT2D eigenvalue weighted by atomic mass is 10.1. The third-order valence-electron chi connectivity index (χ3n) is 3.78. The molecule has 0 spiro atoms. The number of hydrogen-bond acceptors (Lipinski definition) is 3. The molecule has 1 heterocycles. The Balaban J connectivity index is 0.00000288. The lowest BCUT2D eigenvalue weighted by Crippen LogP contribution is -2.16. The standard InChI is InChI=1S/C19H26ClNO2.ClH/c1-3-4-12-22-13-6-11-21-14-16-9-10-19(23-16)17-7-5-8-18(20)15(17)2;/h5,7-10,21H,3-4,6,11-14H2,1-2H3;1H. The van der Waals surface area contributed by atoms with Crippen molar-refractivity contribution < 1.29 is 9.15 Å². The van der Waals surface area contributed by atoms with Gasteiger partial charge >= 0.3 is 0 Å². The van der Waals surface area contributed by atoms with Crippen molar-refractivity contribution >= 4 is 24.0 Å². The van der Waals surface area contributed by atoms with E-state index < -0.39 is 0 Å². The molecule has 134 valence electrons. The minimum Gasteiger partial charge on any atom is -0.460 e. The fraction of sp³-hybridized carbons (Fsp3) is 0.474. The molecule has 24 heavy (non-hydrogen) atoms. The lowest BCUT2D eigenvalue weighted by Gasteiger charge is -2.05. The molecule has 0 aliphatic carbocycles. The maximum atomic E-state index is 6.17. The molecule has 0 bridgehead atoms. The zero-order chi connectivity index (χ0) is 16.5. The number of benzene rings is 1. The van der Waals surface area contributed by atoms with Crippen molar-refractivity contribution in [1.29, 1.82) is 0 Å². The summed E-state index contributed by atoms with van der Waals surface area (Å²) in [6.07, 6.45) is 3.35. The van der Waals surface area contributed by atoms with E-state index in [2.05, 4.69) is 12.2 Å². The normalized spacial score (nSPS) is 10.6. The van der Waals surface area contributed by atoms with E-state index in [4.69, 9.17) is 20.8 Å². The summed E-state index contributed by atoms with van der Waals surface area (Å²) in [7, 11) is 0. The Morgan fingerprint density at radius 1 is 1.12 bits per heavy atom. The average molecular weight is 372 g/mol. The second-order valence-corrected chi connectivity index (χ2v) is 6.08. The minimum atomic E-state index is 0. The van der Waals surface area contributed by atoms with E-state index >= 15 is 0 Å². The van der Waals surface area contributed by atoms with E-state index in [1.165, 1.54) is 6.42 Å². The van der Waals surface area contributed by atoms with Crippen molar-refractivity contribution in [3.8, 4) is 11.3 Å². The van der Waals surface area contributed by atoms with Gasteiger partial charge in [-0.1, -0.05) is 37.1 Å². The van der Waals surface area contributed by atoms with Gasteiger partial charge in [-0.25, -0.2) is 0 Å². The van der Waals surface area contributed by atoms with Gasteiger partial charge in [0.1, 0.15) is 11.5 Å². The van der Waals surface area contributed by atoms with Crippen LogP contribution in [0.4, 0.5) is 0 Å². The highest BCUT2D eigenvalue weighted by Crippen LogP contribution is 2.29. The van der Waals surface area contributed by atoms with Crippen LogP contribution in [0.3, 0.4) is 0 Å². The van der Waals surface area contributed by atoms with Gasteiger partial charge in [-0.15, -0.1) is 12.4 Å². The van der Waals surface area contributed by atoms with Gasteiger partial charge in [0.15, 0.2) is 0 Å². The van der Waals surface area contributed by atoms with Crippen molar-refractivity contribution in [2.24, 2.45) is 0 Å². The monoisotopic (exact) mass is 371 g/mol. The summed E-state index contributed by atoms with van der Waals surface area (Å²) < 4.78 is 11.4. The second kappa shape index (κ2) is 11.5. The molecule has 0 fully saturated rings. The van der Waals surface area contributed by atoms with Gasteiger partial charge in [0.2, 0.25) is 0 Å². The van der Waals surface area contributed by atoms with Crippen LogP contribution in [-0.4, -0.2) is 19.8 Å². The zero-order valence-electron chi connectivity index (χ0n) is 14.4. The predicted molar refractivity (Wildman–Crippen MR) is 103 cm³/mol. The molecule has 1 aromatic heterocycles. The molecule has 0 aliphatic heterocycles. The largest absolute Gasteiger partial charge is 0.460 e. The minimum absolute atomic E-state index is 0. The van der Waals surface area contributed by atoms with E-state index in [1.807, 2.05) is 37.3 Å². The third-order valence-corrected chi connectivity index (χ3v) is 4.19. The molecule has 1 aromatic carbocycles. The van der Waals surface area contributed by atoms with Crippen LogP contribution < -0.4 is 5.32 Å². The maximum absolute atomic E-state index is 6.17. The predicted octanol–water partition coefficient (Wildman–Crippen LogP) is 5.63. The van der Waals surface area contributed by atoms with Crippen LogP contribution >= 0.6 is 24.0 Å². The molecular weight excluding hydrogens is 345 g/mol. The average Bonchev–Trinajstić information content (AvgIpc) is 3.01. The van der Waals surface area contributed by atoms with Crippen LogP contribution in [0, 0.1) is 6.92 Å². The van der Waals surface area contributed by atoms with Gasteiger partial charge in [-0.2, -0.15) is 0 Å². The zero-order valence-corrected chi connectivity index (χ0v) is 16.0. The first kappa shape index (κ1) is 21.0. The van der Waals surface area contributed by atoms with Gasteiger partial charge in [-0.3, -0.25) is 0 Å².